The zero-order chi connectivity index (χ0) is 22.4. The topological polar surface area (TPSA) is 134 Å². The third-order valence-corrected chi connectivity index (χ3v) is 6.72. The van der Waals surface area contributed by atoms with E-state index in [4.69, 9.17) is 10.00 Å². The van der Waals surface area contributed by atoms with Gasteiger partial charge in [0.1, 0.15) is 5.75 Å². The number of ether oxygens (including phenoxy) is 1. The molecule has 0 aromatic heterocycles. The molecule has 1 heterocycles. The number of piperazine rings is 1. The van der Waals surface area contributed by atoms with E-state index in [1.807, 2.05) is 0 Å². The summed E-state index contributed by atoms with van der Waals surface area (Å²) in [5.41, 5.74) is 0.551. The van der Waals surface area contributed by atoms with Gasteiger partial charge >= 0.3 is 0 Å². The molecule has 2 aromatic carbocycles. The van der Waals surface area contributed by atoms with Crippen LogP contribution in [-0.2, 0) is 21.2 Å². The van der Waals surface area contributed by atoms with Crippen molar-refractivity contribution in [2.75, 3.05) is 32.8 Å². The maximum Gasteiger partial charge on any atom is 0.270 e. The Morgan fingerprint density at radius 1 is 1.13 bits per heavy atom. The minimum atomic E-state index is -3.89. The second-order valence-corrected chi connectivity index (χ2v) is 8.74. The van der Waals surface area contributed by atoms with Crippen molar-refractivity contribution in [1.82, 2.24) is 9.21 Å². The quantitative estimate of drug-likeness (QED) is 0.467. The lowest BCUT2D eigenvalue weighted by Gasteiger charge is -2.33. The monoisotopic (exact) mass is 444 g/mol. The Hall–Kier alpha value is -3.49. The number of hydrogen-bond acceptors (Lipinski definition) is 7. The van der Waals surface area contributed by atoms with Gasteiger partial charge in [-0.15, -0.1) is 0 Å². The van der Waals surface area contributed by atoms with Gasteiger partial charge in [-0.25, -0.2) is 8.42 Å². The number of amides is 1. The molecule has 0 aliphatic carbocycles. The summed E-state index contributed by atoms with van der Waals surface area (Å²) < 4.78 is 32.3. The first-order chi connectivity index (χ1) is 14.8. The molecule has 0 N–H and O–H groups in total. The molecule has 3 rings (SSSR count). The summed E-state index contributed by atoms with van der Waals surface area (Å²) in [7, 11) is -3.89. The highest BCUT2D eigenvalue weighted by Crippen LogP contribution is 2.22. The van der Waals surface area contributed by atoms with E-state index >= 15 is 0 Å². The van der Waals surface area contributed by atoms with Gasteiger partial charge in [0, 0.05) is 38.3 Å². The largest absolute Gasteiger partial charge is 0.484 e. The summed E-state index contributed by atoms with van der Waals surface area (Å²) in [5.74, 6) is 0.232. The highest BCUT2D eigenvalue weighted by atomic mass is 32.2. The average Bonchev–Trinajstić information content (AvgIpc) is 2.78. The third kappa shape index (κ3) is 5.36. The molecular formula is C20H20N4O6S. The van der Waals surface area contributed by atoms with Gasteiger partial charge in [-0.05, 0) is 23.8 Å². The zero-order valence-electron chi connectivity index (χ0n) is 16.5. The van der Waals surface area contributed by atoms with E-state index in [0.717, 1.165) is 11.6 Å². The summed E-state index contributed by atoms with van der Waals surface area (Å²) in [5, 5.41) is 19.6. The van der Waals surface area contributed by atoms with E-state index in [-0.39, 0.29) is 49.3 Å². The zero-order valence-corrected chi connectivity index (χ0v) is 17.3. The Bertz CT molecular complexity index is 1100. The summed E-state index contributed by atoms with van der Waals surface area (Å²) in [6, 6.07) is 13.8. The molecule has 1 aliphatic rings. The third-order valence-electron chi connectivity index (χ3n) is 4.83. The van der Waals surface area contributed by atoms with Crippen LogP contribution in [0.3, 0.4) is 0 Å². The smallest absolute Gasteiger partial charge is 0.270 e. The van der Waals surface area contributed by atoms with Crippen LogP contribution in [-0.4, -0.2) is 61.2 Å². The van der Waals surface area contributed by atoms with Crippen molar-refractivity contribution >= 4 is 21.6 Å². The summed E-state index contributed by atoms with van der Waals surface area (Å²) in [6.45, 7) is 0.364. The lowest BCUT2D eigenvalue weighted by atomic mass is 10.2. The van der Waals surface area contributed by atoms with Gasteiger partial charge in [-0.3, -0.25) is 14.9 Å². The Balaban J connectivity index is 1.55. The Kier molecular flexibility index (Phi) is 6.84. The lowest BCUT2D eigenvalue weighted by Crippen LogP contribution is -2.51. The normalized spacial score (nSPS) is 14.6. The predicted molar refractivity (Wildman–Crippen MR) is 110 cm³/mol. The number of rotatable bonds is 7. The second kappa shape index (κ2) is 9.55. The molecule has 0 spiro atoms. The average molecular weight is 444 g/mol. The van der Waals surface area contributed by atoms with Gasteiger partial charge in [0.05, 0.1) is 22.3 Å². The number of nitro benzene ring substituents is 1. The number of hydrogen-bond donors (Lipinski definition) is 0. The highest BCUT2D eigenvalue weighted by molar-refractivity contribution is 7.89. The van der Waals surface area contributed by atoms with Crippen LogP contribution >= 0.6 is 0 Å². The van der Waals surface area contributed by atoms with Crippen molar-refractivity contribution in [2.45, 2.75) is 11.3 Å². The molecule has 0 radical (unpaired) electrons. The van der Waals surface area contributed by atoms with Crippen LogP contribution in [0.4, 0.5) is 5.69 Å². The van der Waals surface area contributed by atoms with Crippen molar-refractivity contribution in [3.05, 3.63) is 64.2 Å². The van der Waals surface area contributed by atoms with Crippen molar-refractivity contribution in [1.29, 1.82) is 5.26 Å². The first-order valence-corrected chi connectivity index (χ1v) is 10.9. The molecule has 0 bridgehead atoms. The number of sulfonamides is 1. The van der Waals surface area contributed by atoms with Crippen molar-refractivity contribution in [3.63, 3.8) is 0 Å². The highest BCUT2D eigenvalue weighted by Gasteiger charge is 2.31. The molecule has 2 aromatic rings. The van der Waals surface area contributed by atoms with Crippen LogP contribution < -0.4 is 4.74 Å². The van der Waals surface area contributed by atoms with Crippen LogP contribution in [0.15, 0.2) is 53.4 Å². The van der Waals surface area contributed by atoms with Crippen molar-refractivity contribution in [2.24, 2.45) is 0 Å². The number of benzene rings is 2. The fourth-order valence-corrected chi connectivity index (χ4v) is 4.58. The van der Waals surface area contributed by atoms with Crippen LogP contribution in [0, 0.1) is 21.4 Å². The first kappa shape index (κ1) is 22.2. The minimum absolute atomic E-state index is 0.0830. The Morgan fingerprint density at radius 3 is 2.42 bits per heavy atom. The predicted octanol–water partition coefficient (Wildman–Crippen LogP) is 1.57. The van der Waals surface area contributed by atoms with E-state index in [9.17, 15) is 23.3 Å². The Morgan fingerprint density at radius 2 is 1.81 bits per heavy atom. The summed E-state index contributed by atoms with van der Waals surface area (Å²) in [6.07, 6.45) is 0.294. The fraction of sp³-hybridized carbons (Fsp3) is 0.300. The maximum absolute atomic E-state index is 12.8. The number of carbonyl (C=O) groups is 1. The molecular weight excluding hydrogens is 424 g/mol. The minimum Gasteiger partial charge on any atom is -0.484 e. The molecule has 11 heteroatoms. The van der Waals surface area contributed by atoms with Gasteiger partial charge in [0.2, 0.25) is 10.0 Å². The van der Waals surface area contributed by atoms with Crippen LogP contribution in [0.1, 0.15) is 5.56 Å². The lowest BCUT2D eigenvalue weighted by molar-refractivity contribution is -0.385. The number of nitrogens with zero attached hydrogens (tertiary/aromatic N) is 4. The van der Waals surface area contributed by atoms with Gasteiger partial charge in [-0.2, -0.15) is 9.57 Å². The SMILES string of the molecule is N#CCc1ccc(OCC(=O)N2CCN(S(=O)(=O)c3cccc([N+](=O)[O-])c3)CC2)cc1. The van der Waals surface area contributed by atoms with E-state index < -0.39 is 14.9 Å². The van der Waals surface area contributed by atoms with Crippen LogP contribution in [0.2, 0.25) is 0 Å². The maximum atomic E-state index is 12.8. The van der Waals surface area contributed by atoms with Gasteiger partial charge in [-0.1, -0.05) is 18.2 Å². The number of nitriles is 1. The standard InChI is InChI=1S/C20H20N4O6S/c21-9-8-16-4-6-18(7-5-16)30-15-20(25)22-10-12-23(13-11-22)31(28,29)19-3-1-2-17(14-19)24(26)27/h1-7,14H,8,10-13,15H2. The molecule has 31 heavy (non-hydrogen) atoms. The molecule has 0 unspecified atom stereocenters. The van der Waals surface area contributed by atoms with Crippen molar-refractivity contribution < 1.29 is 22.9 Å². The van der Waals surface area contributed by atoms with E-state index in [2.05, 4.69) is 6.07 Å². The molecule has 1 aliphatic heterocycles. The molecule has 1 fully saturated rings. The van der Waals surface area contributed by atoms with Crippen molar-refractivity contribution in [3.8, 4) is 11.8 Å². The van der Waals surface area contributed by atoms with E-state index in [1.165, 1.54) is 27.4 Å². The van der Waals surface area contributed by atoms with Crippen LogP contribution in [0.5, 0.6) is 5.75 Å². The summed E-state index contributed by atoms with van der Waals surface area (Å²) in [4.78, 5) is 24.0. The molecule has 10 nitrogen and oxygen atoms in total. The van der Waals surface area contributed by atoms with E-state index in [0.29, 0.717) is 12.2 Å². The van der Waals surface area contributed by atoms with Gasteiger partial charge in [0.25, 0.3) is 11.6 Å². The fourth-order valence-electron chi connectivity index (χ4n) is 3.12. The number of nitro groups is 1. The molecule has 162 valence electrons. The van der Waals surface area contributed by atoms with Gasteiger partial charge in [0.15, 0.2) is 6.61 Å². The number of carbonyl (C=O) groups excluding carboxylic acids is 1. The molecule has 1 amide bonds. The molecule has 0 atom stereocenters. The molecule has 1 saturated heterocycles. The van der Waals surface area contributed by atoms with E-state index in [1.54, 1.807) is 24.3 Å². The van der Waals surface area contributed by atoms with Gasteiger partial charge < -0.3 is 9.64 Å². The summed E-state index contributed by atoms with van der Waals surface area (Å²) >= 11 is 0. The Labute approximate surface area is 179 Å². The second-order valence-electron chi connectivity index (χ2n) is 6.81. The first-order valence-electron chi connectivity index (χ1n) is 9.42. The molecule has 0 saturated carbocycles. The number of non-ortho nitro benzene ring substituents is 1. The van der Waals surface area contributed by atoms with Crippen LogP contribution in [0.25, 0.3) is 0 Å².